The van der Waals surface area contributed by atoms with Crippen molar-refractivity contribution in [1.29, 1.82) is 0 Å². The van der Waals surface area contributed by atoms with Gasteiger partial charge in [-0.05, 0) is 26.8 Å². The number of nitrogens with zero attached hydrogens (tertiary/aromatic N) is 1. The molecule has 1 saturated heterocycles. The number of likely N-dealkylation sites (N-methyl/N-ethyl adjacent to an activating group) is 2. The predicted molar refractivity (Wildman–Crippen MR) is 57.3 cm³/mol. The van der Waals surface area contributed by atoms with E-state index in [1.54, 1.807) is 11.9 Å². The number of amides is 2. The third-order valence-electron chi connectivity index (χ3n) is 2.59. The molecule has 0 aromatic carbocycles. The second-order valence-corrected chi connectivity index (χ2v) is 3.70. The molecule has 1 heterocycles. The summed E-state index contributed by atoms with van der Waals surface area (Å²) in [6.45, 7) is 3.35. The molecule has 0 bridgehead atoms. The number of carbonyl (C=O) groups excluding carboxylic acids is 2. The van der Waals surface area contributed by atoms with Crippen LogP contribution in [0.4, 0.5) is 0 Å². The van der Waals surface area contributed by atoms with Gasteiger partial charge in [0.05, 0.1) is 12.6 Å². The van der Waals surface area contributed by atoms with Crippen molar-refractivity contribution in [3.63, 3.8) is 0 Å². The van der Waals surface area contributed by atoms with Crippen molar-refractivity contribution in [3.05, 3.63) is 0 Å². The SMILES string of the molecule is CCNC(=O)CN1CCCC(NC)C1=O. The van der Waals surface area contributed by atoms with Gasteiger partial charge in [0, 0.05) is 13.1 Å². The topological polar surface area (TPSA) is 61.4 Å². The second-order valence-electron chi connectivity index (χ2n) is 3.70. The van der Waals surface area contributed by atoms with Crippen molar-refractivity contribution in [2.24, 2.45) is 0 Å². The summed E-state index contributed by atoms with van der Waals surface area (Å²) in [5, 5.41) is 5.66. The molecule has 15 heavy (non-hydrogen) atoms. The van der Waals surface area contributed by atoms with E-state index in [-0.39, 0.29) is 24.4 Å². The molecular weight excluding hydrogens is 194 g/mol. The van der Waals surface area contributed by atoms with Crippen LogP contribution in [-0.4, -0.2) is 49.4 Å². The quantitative estimate of drug-likeness (QED) is 0.651. The first-order chi connectivity index (χ1) is 7.19. The summed E-state index contributed by atoms with van der Waals surface area (Å²) in [7, 11) is 1.78. The Kier molecular flexibility index (Phi) is 4.55. The van der Waals surface area contributed by atoms with Crippen molar-refractivity contribution in [1.82, 2.24) is 15.5 Å². The molecule has 0 aromatic heterocycles. The van der Waals surface area contributed by atoms with E-state index in [0.717, 1.165) is 12.8 Å². The highest BCUT2D eigenvalue weighted by Gasteiger charge is 2.28. The third kappa shape index (κ3) is 3.20. The molecule has 0 spiro atoms. The summed E-state index contributed by atoms with van der Waals surface area (Å²) >= 11 is 0. The van der Waals surface area contributed by atoms with E-state index in [9.17, 15) is 9.59 Å². The van der Waals surface area contributed by atoms with Crippen LogP contribution in [-0.2, 0) is 9.59 Å². The molecule has 1 atom stereocenters. The Balaban J connectivity index is 2.47. The van der Waals surface area contributed by atoms with Gasteiger partial charge in [0.15, 0.2) is 0 Å². The summed E-state index contributed by atoms with van der Waals surface area (Å²) in [4.78, 5) is 24.7. The van der Waals surface area contributed by atoms with Crippen LogP contribution in [0.1, 0.15) is 19.8 Å². The van der Waals surface area contributed by atoms with Gasteiger partial charge in [0.2, 0.25) is 11.8 Å². The first kappa shape index (κ1) is 12.0. The molecule has 1 unspecified atom stereocenters. The maximum absolute atomic E-state index is 11.8. The van der Waals surface area contributed by atoms with E-state index in [0.29, 0.717) is 13.1 Å². The molecular formula is C10H19N3O2. The molecule has 0 radical (unpaired) electrons. The minimum atomic E-state index is -0.117. The molecule has 1 fully saturated rings. The Labute approximate surface area is 90.2 Å². The molecule has 1 aliphatic rings. The van der Waals surface area contributed by atoms with Gasteiger partial charge >= 0.3 is 0 Å². The number of hydrogen-bond acceptors (Lipinski definition) is 3. The number of carbonyl (C=O) groups is 2. The highest BCUT2D eigenvalue weighted by atomic mass is 16.2. The fraction of sp³-hybridized carbons (Fsp3) is 0.800. The zero-order valence-corrected chi connectivity index (χ0v) is 9.38. The van der Waals surface area contributed by atoms with Gasteiger partial charge in [-0.15, -0.1) is 0 Å². The first-order valence-electron chi connectivity index (χ1n) is 5.41. The summed E-state index contributed by atoms with van der Waals surface area (Å²) in [6, 6.07) is -0.117. The lowest BCUT2D eigenvalue weighted by Gasteiger charge is -2.31. The van der Waals surface area contributed by atoms with Gasteiger partial charge in [0.25, 0.3) is 0 Å². The lowest BCUT2D eigenvalue weighted by molar-refractivity contribution is -0.139. The molecule has 1 rings (SSSR count). The normalized spacial score (nSPS) is 21.6. The Hall–Kier alpha value is -1.10. The summed E-state index contributed by atoms with van der Waals surface area (Å²) in [5.41, 5.74) is 0. The Bertz CT molecular complexity index is 243. The van der Waals surface area contributed by atoms with Gasteiger partial charge < -0.3 is 15.5 Å². The maximum atomic E-state index is 11.8. The Morgan fingerprint density at radius 3 is 2.93 bits per heavy atom. The van der Waals surface area contributed by atoms with Crippen LogP contribution in [0.15, 0.2) is 0 Å². The smallest absolute Gasteiger partial charge is 0.240 e. The minimum Gasteiger partial charge on any atom is -0.355 e. The fourth-order valence-electron chi connectivity index (χ4n) is 1.79. The second kappa shape index (κ2) is 5.70. The predicted octanol–water partition coefficient (Wildman–Crippen LogP) is -0.667. The van der Waals surface area contributed by atoms with E-state index in [4.69, 9.17) is 0 Å². The zero-order chi connectivity index (χ0) is 11.3. The standard InChI is InChI=1S/C10H19N3O2/c1-3-12-9(14)7-13-6-4-5-8(11-2)10(13)15/h8,11H,3-7H2,1-2H3,(H,12,14). The number of hydrogen-bond donors (Lipinski definition) is 2. The molecule has 86 valence electrons. The molecule has 0 aliphatic carbocycles. The van der Waals surface area contributed by atoms with Crippen LogP contribution in [0, 0.1) is 0 Å². The summed E-state index contributed by atoms with van der Waals surface area (Å²) in [5.74, 6) is -0.0439. The third-order valence-corrected chi connectivity index (χ3v) is 2.59. The number of piperidine rings is 1. The van der Waals surface area contributed by atoms with E-state index in [1.165, 1.54) is 0 Å². The number of rotatable bonds is 4. The minimum absolute atomic E-state index is 0.0370. The van der Waals surface area contributed by atoms with E-state index >= 15 is 0 Å². The van der Waals surface area contributed by atoms with Crippen molar-refractivity contribution in [2.45, 2.75) is 25.8 Å². The van der Waals surface area contributed by atoms with Gasteiger partial charge in [-0.3, -0.25) is 9.59 Å². The zero-order valence-electron chi connectivity index (χ0n) is 9.38. The van der Waals surface area contributed by atoms with Crippen LogP contribution in [0.3, 0.4) is 0 Å². The molecule has 0 aromatic rings. The van der Waals surface area contributed by atoms with Crippen molar-refractivity contribution in [2.75, 3.05) is 26.7 Å². The van der Waals surface area contributed by atoms with Crippen molar-refractivity contribution < 1.29 is 9.59 Å². The lowest BCUT2D eigenvalue weighted by Crippen LogP contribution is -2.52. The van der Waals surface area contributed by atoms with Gasteiger partial charge in [-0.1, -0.05) is 0 Å². The molecule has 2 N–H and O–H groups in total. The van der Waals surface area contributed by atoms with Crippen LogP contribution in [0.2, 0.25) is 0 Å². The first-order valence-corrected chi connectivity index (χ1v) is 5.41. The van der Waals surface area contributed by atoms with Gasteiger partial charge in [0.1, 0.15) is 0 Å². The molecule has 0 saturated carbocycles. The molecule has 5 nitrogen and oxygen atoms in total. The van der Waals surface area contributed by atoms with Gasteiger partial charge in [-0.25, -0.2) is 0 Å². The van der Waals surface area contributed by atoms with Crippen molar-refractivity contribution in [3.8, 4) is 0 Å². The lowest BCUT2D eigenvalue weighted by atomic mass is 10.1. The van der Waals surface area contributed by atoms with Gasteiger partial charge in [-0.2, -0.15) is 0 Å². The Morgan fingerprint density at radius 1 is 1.60 bits per heavy atom. The molecule has 2 amide bonds. The van der Waals surface area contributed by atoms with E-state index in [2.05, 4.69) is 10.6 Å². The average Bonchev–Trinajstić information content (AvgIpc) is 2.21. The number of likely N-dealkylation sites (tertiary alicyclic amines) is 1. The van der Waals surface area contributed by atoms with Crippen LogP contribution < -0.4 is 10.6 Å². The van der Waals surface area contributed by atoms with Crippen LogP contribution in [0.25, 0.3) is 0 Å². The highest BCUT2D eigenvalue weighted by molar-refractivity contribution is 5.88. The molecule has 1 aliphatic heterocycles. The van der Waals surface area contributed by atoms with E-state index in [1.807, 2.05) is 6.92 Å². The maximum Gasteiger partial charge on any atom is 0.240 e. The van der Waals surface area contributed by atoms with E-state index < -0.39 is 0 Å². The number of nitrogens with one attached hydrogen (secondary N) is 2. The largest absolute Gasteiger partial charge is 0.355 e. The Morgan fingerprint density at radius 2 is 2.33 bits per heavy atom. The van der Waals surface area contributed by atoms with Crippen LogP contribution in [0.5, 0.6) is 0 Å². The summed E-state index contributed by atoms with van der Waals surface area (Å²) in [6.07, 6.45) is 1.82. The summed E-state index contributed by atoms with van der Waals surface area (Å²) < 4.78 is 0. The molecule has 5 heteroatoms. The average molecular weight is 213 g/mol. The highest BCUT2D eigenvalue weighted by Crippen LogP contribution is 2.10. The van der Waals surface area contributed by atoms with Crippen molar-refractivity contribution >= 4 is 11.8 Å². The fourth-order valence-corrected chi connectivity index (χ4v) is 1.79. The monoisotopic (exact) mass is 213 g/mol. The van der Waals surface area contributed by atoms with Crippen LogP contribution >= 0.6 is 0 Å².